The number of primary amides is 1. The number of rotatable bonds is 6. The molecule has 6 nitrogen and oxygen atoms in total. The maximum Gasteiger partial charge on any atom is 0.265 e. The number of carbonyl (C=O) groups excluding carboxylic acids is 3. The van der Waals surface area contributed by atoms with Crippen LogP contribution in [0.4, 0.5) is 5.69 Å². The third kappa shape index (κ3) is 4.81. The van der Waals surface area contributed by atoms with E-state index in [2.05, 4.69) is 5.32 Å². The van der Waals surface area contributed by atoms with Crippen molar-refractivity contribution in [1.82, 2.24) is 0 Å². The highest BCUT2D eigenvalue weighted by molar-refractivity contribution is 6.31. The fraction of sp³-hybridized carbons (Fsp3) is 0.167. The zero-order valence-corrected chi connectivity index (χ0v) is 14.5. The van der Waals surface area contributed by atoms with Crippen LogP contribution in [0.3, 0.4) is 0 Å². The molecule has 25 heavy (non-hydrogen) atoms. The maximum atomic E-state index is 12.2. The molecule has 0 aliphatic carbocycles. The second-order valence-corrected chi connectivity index (χ2v) is 5.82. The number of nitrogens with one attached hydrogen (secondary N) is 1. The van der Waals surface area contributed by atoms with Gasteiger partial charge in [0.25, 0.3) is 11.8 Å². The molecule has 130 valence electrons. The van der Waals surface area contributed by atoms with Gasteiger partial charge in [-0.05, 0) is 56.3 Å². The summed E-state index contributed by atoms with van der Waals surface area (Å²) >= 11 is 5.84. The average molecular weight is 361 g/mol. The monoisotopic (exact) mass is 360 g/mol. The van der Waals surface area contributed by atoms with Gasteiger partial charge in [0.05, 0.1) is 5.56 Å². The van der Waals surface area contributed by atoms with Gasteiger partial charge in [-0.15, -0.1) is 0 Å². The van der Waals surface area contributed by atoms with E-state index in [1.54, 1.807) is 31.2 Å². The Bertz CT molecular complexity index is 818. The number of halogens is 1. The highest BCUT2D eigenvalue weighted by atomic mass is 35.5. The zero-order chi connectivity index (χ0) is 18.6. The van der Waals surface area contributed by atoms with Gasteiger partial charge in [-0.3, -0.25) is 14.4 Å². The fourth-order valence-corrected chi connectivity index (χ4v) is 2.25. The van der Waals surface area contributed by atoms with Crippen molar-refractivity contribution in [2.24, 2.45) is 5.73 Å². The molecule has 0 aromatic heterocycles. The van der Waals surface area contributed by atoms with Crippen LogP contribution in [0.15, 0.2) is 42.5 Å². The number of ether oxygens (including phenoxy) is 1. The van der Waals surface area contributed by atoms with E-state index in [0.717, 1.165) is 0 Å². The third-order valence-corrected chi connectivity index (χ3v) is 3.67. The molecule has 0 unspecified atom stereocenters. The summed E-state index contributed by atoms with van der Waals surface area (Å²) in [4.78, 5) is 34.9. The molecule has 0 spiro atoms. The highest BCUT2D eigenvalue weighted by Crippen LogP contribution is 2.24. The first-order valence-corrected chi connectivity index (χ1v) is 7.83. The van der Waals surface area contributed by atoms with Gasteiger partial charge in [-0.1, -0.05) is 11.6 Å². The minimum atomic E-state index is -0.883. The highest BCUT2D eigenvalue weighted by Gasteiger charge is 2.18. The molecule has 0 radical (unpaired) electrons. The van der Waals surface area contributed by atoms with E-state index >= 15 is 0 Å². The second-order valence-electron chi connectivity index (χ2n) is 5.39. The van der Waals surface area contributed by atoms with Crippen LogP contribution >= 0.6 is 11.6 Å². The Morgan fingerprint density at radius 1 is 1.12 bits per heavy atom. The summed E-state index contributed by atoms with van der Waals surface area (Å²) in [6.45, 7) is 3.00. The summed E-state index contributed by atoms with van der Waals surface area (Å²) in [5.41, 5.74) is 6.46. The molecular formula is C18H17ClN2O4. The van der Waals surface area contributed by atoms with Crippen molar-refractivity contribution < 1.29 is 19.1 Å². The van der Waals surface area contributed by atoms with E-state index in [4.69, 9.17) is 22.1 Å². The molecule has 7 heteroatoms. The predicted octanol–water partition coefficient (Wildman–Crippen LogP) is 3.05. The van der Waals surface area contributed by atoms with Crippen molar-refractivity contribution in [2.75, 3.05) is 5.32 Å². The number of carbonyl (C=O) groups is 3. The average Bonchev–Trinajstić information content (AvgIpc) is 2.56. The van der Waals surface area contributed by atoms with Gasteiger partial charge in [0.2, 0.25) is 0 Å². The van der Waals surface area contributed by atoms with Crippen LogP contribution in [0.2, 0.25) is 5.02 Å². The lowest BCUT2D eigenvalue weighted by molar-refractivity contribution is -0.122. The van der Waals surface area contributed by atoms with Gasteiger partial charge >= 0.3 is 0 Å². The van der Waals surface area contributed by atoms with Crippen molar-refractivity contribution in [3.05, 3.63) is 58.6 Å². The van der Waals surface area contributed by atoms with Crippen molar-refractivity contribution in [3.8, 4) is 5.75 Å². The molecule has 0 heterocycles. The summed E-state index contributed by atoms with van der Waals surface area (Å²) in [5.74, 6) is -1.01. The first kappa shape index (κ1) is 18.5. The molecular weight excluding hydrogens is 344 g/mol. The molecule has 3 N–H and O–H groups in total. The van der Waals surface area contributed by atoms with E-state index in [1.165, 1.54) is 25.1 Å². The second kappa shape index (κ2) is 7.81. The number of hydrogen-bond donors (Lipinski definition) is 2. The standard InChI is InChI=1S/C18H17ClN2O4/c1-10(22)12-3-6-14(7-4-12)21-18(24)11(2)25-16-8-5-13(19)9-15(16)17(20)23/h3-9,11H,1-2H3,(H2,20,23)(H,21,24)/t11-/m0/s1. The summed E-state index contributed by atoms with van der Waals surface area (Å²) in [7, 11) is 0. The van der Waals surface area contributed by atoms with E-state index in [9.17, 15) is 14.4 Å². The number of nitrogens with two attached hydrogens (primary N) is 1. The van der Waals surface area contributed by atoms with Crippen LogP contribution in [0, 0.1) is 0 Å². The largest absolute Gasteiger partial charge is 0.480 e. The zero-order valence-electron chi connectivity index (χ0n) is 13.7. The molecule has 0 fully saturated rings. The molecule has 2 aromatic carbocycles. The number of hydrogen-bond acceptors (Lipinski definition) is 4. The third-order valence-electron chi connectivity index (χ3n) is 3.44. The molecule has 0 aliphatic rings. The van der Waals surface area contributed by atoms with Crippen LogP contribution in [-0.2, 0) is 4.79 Å². The van der Waals surface area contributed by atoms with Gasteiger partial charge < -0.3 is 15.8 Å². The Morgan fingerprint density at radius 3 is 2.32 bits per heavy atom. The lowest BCUT2D eigenvalue weighted by Gasteiger charge is -2.16. The molecule has 0 bridgehead atoms. The molecule has 0 saturated carbocycles. The topological polar surface area (TPSA) is 98.5 Å². The SMILES string of the molecule is CC(=O)c1ccc(NC(=O)[C@H](C)Oc2ccc(Cl)cc2C(N)=O)cc1. The Balaban J connectivity index is 2.08. The first-order valence-electron chi connectivity index (χ1n) is 7.46. The summed E-state index contributed by atoms with van der Waals surface area (Å²) < 4.78 is 5.53. The lowest BCUT2D eigenvalue weighted by Crippen LogP contribution is -2.31. The quantitative estimate of drug-likeness (QED) is 0.773. The number of benzene rings is 2. The lowest BCUT2D eigenvalue weighted by atomic mass is 10.1. The van der Waals surface area contributed by atoms with Gasteiger partial charge in [0.1, 0.15) is 5.75 Å². The van der Waals surface area contributed by atoms with Gasteiger partial charge in [0.15, 0.2) is 11.9 Å². The summed E-state index contributed by atoms with van der Waals surface area (Å²) in [6, 6.07) is 10.9. The minimum absolute atomic E-state index is 0.0590. The number of amides is 2. The summed E-state index contributed by atoms with van der Waals surface area (Å²) in [6.07, 6.45) is -0.883. The molecule has 2 rings (SSSR count). The van der Waals surface area contributed by atoms with E-state index in [1.807, 2.05) is 0 Å². The van der Waals surface area contributed by atoms with Crippen LogP contribution < -0.4 is 15.8 Å². The van der Waals surface area contributed by atoms with Crippen molar-refractivity contribution in [2.45, 2.75) is 20.0 Å². The molecule has 2 aromatic rings. The Kier molecular flexibility index (Phi) is 5.77. The number of Topliss-reactive ketones (excluding diaryl/α,β-unsaturated/α-hetero) is 1. The number of anilines is 1. The van der Waals surface area contributed by atoms with Gasteiger partial charge in [-0.2, -0.15) is 0 Å². The van der Waals surface area contributed by atoms with Crippen molar-refractivity contribution in [1.29, 1.82) is 0 Å². The van der Waals surface area contributed by atoms with E-state index in [0.29, 0.717) is 16.3 Å². The Labute approximate surface area is 149 Å². The van der Waals surface area contributed by atoms with E-state index in [-0.39, 0.29) is 17.1 Å². The fourth-order valence-electron chi connectivity index (χ4n) is 2.07. The van der Waals surface area contributed by atoms with Crippen molar-refractivity contribution >= 4 is 34.9 Å². The van der Waals surface area contributed by atoms with Crippen LogP contribution in [0.5, 0.6) is 5.75 Å². The Morgan fingerprint density at radius 2 is 1.76 bits per heavy atom. The predicted molar refractivity (Wildman–Crippen MR) is 95.1 cm³/mol. The van der Waals surface area contributed by atoms with Gasteiger partial charge in [-0.25, -0.2) is 0 Å². The molecule has 0 aliphatic heterocycles. The minimum Gasteiger partial charge on any atom is -0.480 e. The van der Waals surface area contributed by atoms with Crippen molar-refractivity contribution in [3.63, 3.8) is 0 Å². The van der Waals surface area contributed by atoms with Crippen LogP contribution in [-0.4, -0.2) is 23.7 Å². The molecule has 0 saturated heterocycles. The van der Waals surface area contributed by atoms with E-state index < -0.39 is 17.9 Å². The summed E-state index contributed by atoms with van der Waals surface area (Å²) in [5, 5.41) is 3.01. The van der Waals surface area contributed by atoms with Crippen LogP contribution in [0.1, 0.15) is 34.6 Å². The molecule has 1 atom stereocenters. The number of ketones is 1. The smallest absolute Gasteiger partial charge is 0.265 e. The molecule has 2 amide bonds. The van der Waals surface area contributed by atoms with Crippen LogP contribution in [0.25, 0.3) is 0 Å². The first-order chi connectivity index (χ1) is 11.8. The maximum absolute atomic E-state index is 12.2. The normalized spacial score (nSPS) is 11.5. The van der Waals surface area contributed by atoms with Gasteiger partial charge in [0, 0.05) is 16.3 Å². The Hall–Kier alpha value is -2.86.